The number of nitrogens with one attached hydrogen (secondary N) is 2. The molecule has 1 aromatic carbocycles. The lowest BCUT2D eigenvalue weighted by Gasteiger charge is -2.37. The molecule has 2 heterocycles. The maximum absolute atomic E-state index is 11.9. The van der Waals surface area contributed by atoms with E-state index >= 15 is 0 Å². The Morgan fingerprint density at radius 1 is 1.12 bits per heavy atom. The van der Waals surface area contributed by atoms with Gasteiger partial charge in [0.15, 0.2) is 0 Å². The molecule has 1 aromatic rings. The summed E-state index contributed by atoms with van der Waals surface area (Å²) in [5.74, 6) is 2.85. The van der Waals surface area contributed by atoms with Crippen molar-refractivity contribution in [2.24, 2.45) is 17.3 Å². The minimum atomic E-state index is -0.0693. The number of methoxy groups -OCH3 is 1. The van der Waals surface area contributed by atoms with Crippen molar-refractivity contribution in [2.75, 3.05) is 26.8 Å². The normalized spacial score (nSPS) is 24.2. The molecular weight excluding hydrogens is 404 g/mol. The molecule has 4 rings (SSSR count). The van der Waals surface area contributed by atoms with Gasteiger partial charge in [0.25, 0.3) is 0 Å². The van der Waals surface area contributed by atoms with Gasteiger partial charge < -0.3 is 14.8 Å². The average Bonchev–Trinajstić information content (AvgIpc) is 3.14. The summed E-state index contributed by atoms with van der Waals surface area (Å²) in [4.78, 5) is 23.8. The third-order valence-electron chi connectivity index (χ3n) is 7.80. The number of benzene rings is 1. The third kappa shape index (κ3) is 5.45. The second kappa shape index (κ2) is 10.7. The van der Waals surface area contributed by atoms with Gasteiger partial charge in [-0.15, -0.1) is 0 Å². The Morgan fingerprint density at radius 3 is 2.75 bits per heavy atom. The van der Waals surface area contributed by atoms with E-state index in [9.17, 15) is 9.59 Å². The topological polar surface area (TPSA) is 76.7 Å². The molecule has 2 unspecified atom stereocenters. The van der Waals surface area contributed by atoms with Crippen LogP contribution in [0.25, 0.3) is 0 Å². The number of hydrogen-bond donors (Lipinski definition) is 2. The summed E-state index contributed by atoms with van der Waals surface area (Å²) < 4.78 is 11.4. The zero-order valence-electron chi connectivity index (χ0n) is 19.4. The van der Waals surface area contributed by atoms with E-state index in [0.717, 1.165) is 76.1 Å². The van der Waals surface area contributed by atoms with Crippen molar-refractivity contribution in [2.45, 2.75) is 70.6 Å². The number of fused-ring (bicyclic) bond motifs is 1. The summed E-state index contributed by atoms with van der Waals surface area (Å²) in [6.07, 6.45) is 11.3. The summed E-state index contributed by atoms with van der Waals surface area (Å²) in [5, 5.41) is 6.07. The van der Waals surface area contributed by atoms with Crippen LogP contribution in [0.15, 0.2) is 18.2 Å². The monoisotopic (exact) mass is 442 g/mol. The van der Waals surface area contributed by atoms with E-state index in [4.69, 9.17) is 9.47 Å². The Morgan fingerprint density at radius 2 is 1.94 bits per heavy atom. The highest BCUT2D eigenvalue weighted by atomic mass is 16.5. The van der Waals surface area contributed by atoms with E-state index in [0.29, 0.717) is 24.7 Å². The molecule has 3 aliphatic rings. The minimum Gasteiger partial charge on any atom is -0.496 e. The van der Waals surface area contributed by atoms with Crippen molar-refractivity contribution in [3.8, 4) is 11.5 Å². The summed E-state index contributed by atoms with van der Waals surface area (Å²) in [6.45, 7) is 2.87. The van der Waals surface area contributed by atoms with Gasteiger partial charge in [0.05, 0.1) is 13.7 Å². The number of carbonyl (C=O) groups is 2. The van der Waals surface area contributed by atoms with E-state index in [1.807, 2.05) is 18.2 Å². The molecule has 2 fully saturated rings. The smallest absolute Gasteiger partial charge is 0.227 e. The first-order chi connectivity index (χ1) is 15.6. The predicted octanol–water partition coefficient (Wildman–Crippen LogP) is 4.01. The minimum absolute atomic E-state index is 0.0454. The van der Waals surface area contributed by atoms with Crippen LogP contribution in [0.4, 0.5) is 0 Å². The molecule has 2 aliphatic heterocycles. The molecule has 1 spiro atoms. The molecule has 1 saturated heterocycles. The SMILES string of the molecule is COc1cccc2c1CC(CCCNCCCCC1CCCC13CC(=O)NC(=O)C3)CO2. The molecule has 32 heavy (non-hydrogen) atoms. The number of ether oxygens (including phenoxy) is 2. The summed E-state index contributed by atoms with van der Waals surface area (Å²) in [5.41, 5.74) is 1.16. The molecule has 0 aromatic heterocycles. The molecule has 0 radical (unpaired) electrons. The molecule has 2 N–H and O–H groups in total. The van der Waals surface area contributed by atoms with E-state index in [-0.39, 0.29) is 17.2 Å². The molecular formula is C26H38N2O4. The van der Waals surface area contributed by atoms with Gasteiger partial charge in [-0.2, -0.15) is 0 Å². The van der Waals surface area contributed by atoms with Gasteiger partial charge in [-0.05, 0) is 87.4 Å². The van der Waals surface area contributed by atoms with Gasteiger partial charge in [0, 0.05) is 18.4 Å². The quantitative estimate of drug-likeness (QED) is 0.423. The number of carbonyl (C=O) groups excluding carboxylic acids is 2. The standard InChI is InChI=1S/C26H38N2O4/c1-31-22-10-4-11-23-21(22)15-19(18-32-23)7-6-14-27-13-3-2-8-20-9-5-12-26(20)16-24(29)28-25(30)17-26/h4,10-11,19-20,27H,2-3,5-9,12-18H2,1H3,(H,28,29,30). The van der Waals surface area contributed by atoms with Gasteiger partial charge in [-0.1, -0.05) is 18.9 Å². The highest BCUT2D eigenvalue weighted by Gasteiger charge is 2.47. The van der Waals surface area contributed by atoms with Crippen molar-refractivity contribution in [1.29, 1.82) is 0 Å². The Hall–Kier alpha value is -2.08. The van der Waals surface area contributed by atoms with Gasteiger partial charge in [0.1, 0.15) is 11.5 Å². The van der Waals surface area contributed by atoms with Crippen LogP contribution in [-0.2, 0) is 16.0 Å². The molecule has 176 valence electrons. The van der Waals surface area contributed by atoms with Crippen molar-refractivity contribution in [3.63, 3.8) is 0 Å². The molecule has 1 aliphatic carbocycles. The summed E-state index contributed by atoms with van der Waals surface area (Å²) in [6, 6.07) is 6.03. The van der Waals surface area contributed by atoms with Crippen molar-refractivity contribution in [1.82, 2.24) is 10.6 Å². The summed E-state index contributed by atoms with van der Waals surface area (Å²) >= 11 is 0. The van der Waals surface area contributed by atoms with Crippen LogP contribution in [0.5, 0.6) is 11.5 Å². The van der Waals surface area contributed by atoms with E-state index in [1.165, 1.54) is 18.4 Å². The summed E-state index contributed by atoms with van der Waals surface area (Å²) in [7, 11) is 1.72. The molecule has 6 heteroatoms. The molecule has 2 amide bonds. The number of imide groups is 1. The fraction of sp³-hybridized carbons (Fsp3) is 0.692. The van der Waals surface area contributed by atoms with Crippen LogP contribution < -0.4 is 20.1 Å². The number of piperidine rings is 1. The van der Waals surface area contributed by atoms with E-state index in [2.05, 4.69) is 10.6 Å². The molecule has 6 nitrogen and oxygen atoms in total. The molecule has 2 atom stereocenters. The lowest BCUT2D eigenvalue weighted by Crippen LogP contribution is -2.46. The lowest BCUT2D eigenvalue weighted by atomic mass is 9.69. The first-order valence-corrected chi connectivity index (χ1v) is 12.4. The predicted molar refractivity (Wildman–Crippen MR) is 124 cm³/mol. The Kier molecular flexibility index (Phi) is 7.71. The van der Waals surface area contributed by atoms with E-state index in [1.54, 1.807) is 7.11 Å². The average molecular weight is 443 g/mol. The van der Waals surface area contributed by atoms with Gasteiger partial charge in [-0.25, -0.2) is 0 Å². The van der Waals surface area contributed by atoms with Crippen LogP contribution in [0, 0.1) is 17.3 Å². The van der Waals surface area contributed by atoms with Crippen LogP contribution >= 0.6 is 0 Å². The highest BCUT2D eigenvalue weighted by Crippen LogP contribution is 2.51. The first-order valence-electron chi connectivity index (χ1n) is 12.4. The van der Waals surface area contributed by atoms with Gasteiger partial charge >= 0.3 is 0 Å². The van der Waals surface area contributed by atoms with Crippen LogP contribution in [-0.4, -0.2) is 38.6 Å². The Bertz CT molecular complexity index is 779. The largest absolute Gasteiger partial charge is 0.496 e. The van der Waals surface area contributed by atoms with Gasteiger partial charge in [-0.3, -0.25) is 14.9 Å². The third-order valence-corrected chi connectivity index (χ3v) is 7.80. The van der Waals surface area contributed by atoms with Crippen molar-refractivity contribution in [3.05, 3.63) is 23.8 Å². The fourth-order valence-corrected chi connectivity index (χ4v) is 6.17. The zero-order valence-corrected chi connectivity index (χ0v) is 19.4. The van der Waals surface area contributed by atoms with Crippen molar-refractivity contribution >= 4 is 11.8 Å². The molecule has 1 saturated carbocycles. The number of unbranched alkanes of at least 4 members (excludes halogenated alkanes) is 1. The number of hydrogen-bond acceptors (Lipinski definition) is 5. The van der Waals surface area contributed by atoms with E-state index < -0.39 is 0 Å². The number of amides is 2. The second-order valence-corrected chi connectivity index (χ2v) is 9.98. The highest BCUT2D eigenvalue weighted by molar-refractivity contribution is 5.98. The number of rotatable bonds is 10. The van der Waals surface area contributed by atoms with Crippen molar-refractivity contribution < 1.29 is 19.1 Å². The van der Waals surface area contributed by atoms with Crippen LogP contribution in [0.2, 0.25) is 0 Å². The Labute approximate surface area is 191 Å². The zero-order chi connectivity index (χ0) is 22.4. The van der Waals surface area contributed by atoms with Crippen LogP contribution in [0.1, 0.15) is 69.8 Å². The Balaban J connectivity index is 1.09. The second-order valence-electron chi connectivity index (χ2n) is 9.98. The van der Waals surface area contributed by atoms with Crippen LogP contribution in [0.3, 0.4) is 0 Å². The molecule has 0 bridgehead atoms. The first kappa shape index (κ1) is 23.1. The maximum atomic E-state index is 11.9. The maximum Gasteiger partial charge on any atom is 0.227 e. The van der Waals surface area contributed by atoms with Gasteiger partial charge in [0.2, 0.25) is 11.8 Å². The fourth-order valence-electron chi connectivity index (χ4n) is 6.17. The lowest BCUT2D eigenvalue weighted by molar-refractivity contribution is -0.139.